The molecule has 0 saturated heterocycles. The Balaban J connectivity index is 2.32. The van der Waals surface area contributed by atoms with Crippen LogP contribution < -0.4 is 5.73 Å². The van der Waals surface area contributed by atoms with E-state index in [4.69, 9.17) is 10.5 Å². The molecule has 1 aliphatic rings. The van der Waals surface area contributed by atoms with E-state index in [-0.39, 0.29) is 18.3 Å². The van der Waals surface area contributed by atoms with Crippen LogP contribution in [0.1, 0.15) is 30.9 Å². The Morgan fingerprint density at radius 3 is 2.35 bits per heavy atom. The van der Waals surface area contributed by atoms with Crippen molar-refractivity contribution in [3.8, 4) is 0 Å². The number of hydrogen-bond acceptors (Lipinski definition) is 4. The first kappa shape index (κ1) is 15.5. The molecule has 5 heteroatoms. The average Bonchev–Trinajstić information content (AvgIpc) is 3.05. The molecule has 0 aliphatic heterocycles. The van der Waals surface area contributed by atoms with Gasteiger partial charge in [0.05, 0.1) is 17.4 Å². The quantitative estimate of drug-likeness (QED) is 0.866. The van der Waals surface area contributed by atoms with Gasteiger partial charge in [-0.15, -0.1) is 0 Å². The Kier molecular flexibility index (Phi) is 4.23. The fourth-order valence-corrected chi connectivity index (χ4v) is 4.84. The van der Waals surface area contributed by atoms with Gasteiger partial charge in [0, 0.05) is 18.3 Å². The number of benzene rings is 1. The van der Waals surface area contributed by atoms with Crippen molar-refractivity contribution in [2.45, 2.75) is 37.5 Å². The number of ether oxygens (including phenoxy) is 1. The van der Waals surface area contributed by atoms with Gasteiger partial charge in [-0.05, 0) is 19.4 Å². The number of hydrogen-bond donors (Lipinski definition) is 1. The molecule has 1 fully saturated rings. The SMILES string of the molecule is CCOC[C@@]1(N)[C@H](c2ccc(C)cc2)[C@@H]1S(=O)(=O)CC. The van der Waals surface area contributed by atoms with Crippen molar-refractivity contribution in [2.75, 3.05) is 19.0 Å². The molecular formula is C15H23NO3S. The summed E-state index contributed by atoms with van der Waals surface area (Å²) in [4.78, 5) is 0. The van der Waals surface area contributed by atoms with Crippen LogP contribution in [-0.2, 0) is 14.6 Å². The van der Waals surface area contributed by atoms with Gasteiger partial charge in [0.2, 0.25) is 0 Å². The van der Waals surface area contributed by atoms with Crippen LogP contribution in [0.4, 0.5) is 0 Å². The Morgan fingerprint density at radius 1 is 1.25 bits per heavy atom. The molecule has 0 heterocycles. The smallest absolute Gasteiger partial charge is 0.155 e. The summed E-state index contributed by atoms with van der Waals surface area (Å²) >= 11 is 0. The zero-order chi connectivity index (χ0) is 15.0. The lowest BCUT2D eigenvalue weighted by Gasteiger charge is -2.12. The molecule has 0 spiro atoms. The molecular weight excluding hydrogens is 274 g/mol. The third-order valence-electron chi connectivity index (χ3n) is 4.08. The zero-order valence-corrected chi connectivity index (χ0v) is 13.1. The van der Waals surface area contributed by atoms with Crippen molar-refractivity contribution >= 4 is 9.84 Å². The summed E-state index contributed by atoms with van der Waals surface area (Å²) < 4.78 is 29.9. The molecule has 0 radical (unpaired) electrons. The maximum absolute atomic E-state index is 12.3. The first-order valence-corrected chi connectivity index (χ1v) is 8.73. The van der Waals surface area contributed by atoms with Gasteiger partial charge in [0.15, 0.2) is 9.84 Å². The first-order valence-electron chi connectivity index (χ1n) is 7.01. The minimum Gasteiger partial charge on any atom is -0.380 e. The standard InChI is InChI=1S/C15H23NO3S/c1-4-19-10-15(16)13(14(15)20(17,18)5-2)12-8-6-11(3)7-9-12/h6-9,13-14H,4-5,10,16H2,1-3H3/t13-,14+,15-/m1/s1. The fraction of sp³-hybridized carbons (Fsp3) is 0.600. The van der Waals surface area contributed by atoms with Crippen molar-refractivity contribution in [1.82, 2.24) is 0 Å². The Labute approximate surface area is 121 Å². The zero-order valence-electron chi connectivity index (χ0n) is 12.3. The summed E-state index contributed by atoms with van der Waals surface area (Å²) in [6.07, 6.45) is 0. The molecule has 1 saturated carbocycles. The van der Waals surface area contributed by atoms with Gasteiger partial charge in [-0.3, -0.25) is 0 Å². The highest BCUT2D eigenvalue weighted by Gasteiger charge is 2.68. The Hall–Kier alpha value is -0.910. The van der Waals surface area contributed by atoms with Crippen LogP contribution in [-0.4, -0.2) is 38.2 Å². The lowest BCUT2D eigenvalue weighted by atomic mass is 10.1. The van der Waals surface area contributed by atoms with Crippen molar-refractivity contribution in [2.24, 2.45) is 5.73 Å². The highest BCUT2D eigenvalue weighted by Crippen LogP contribution is 2.54. The topological polar surface area (TPSA) is 69.4 Å². The molecule has 0 aromatic heterocycles. The summed E-state index contributed by atoms with van der Waals surface area (Å²) in [5, 5.41) is -0.533. The normalized spacial score (nSPS) is 29.4. The predicted octanol–water partition coefficient (Wildman–Crippen LogP) is 1.63. The van der Waals surface area contributed by atoms with Gasteiger partial charge in [-0.1, -0.05) is 36.8 Å². The van der Waals surface area contributed by atoms with Gasteiger partial charge < -0.3 is 10.5 Å². The number of aryl methyl sites for hydroxylation is 1. The molecule has 2 N–H and O–H groups in total. The van der Waals surface area contributed by atoms with Crippen molar-refractivity contribution in [3.05, 3.63) is 35.4 Å². The minimum atomic E-state index is -3.18. The van der Waals surface area contributed by atoms with E-state index in [1.54, 1.807) is 6.92 Å². The molecule has 0 amide bonds. The molecule has 1 aromatic carbocycles. The van der Waals surface area contributed by atoms with E-state index in [9.17, 15) is 8.42 Å². The molecule has 1 aliphatic carbocycles. The molecule has 20 heavy (non-hydrogen) atoms. The molecule has 0 unspecified atom stereocenters. The highest BCUT2D eigenvalue weighted by atomic mass is 32.2. The predicted molar refractivity (Wildman–Crippen MR) is 80.6 cm³/mol. The number of rotatable bonds is 6. The van der Waals surface area contributed by atoms with Gasteiger partial charge >= 0.3 is 0 Å². The van der Waals surface area contributed by atoms with Crippen LogP contribution in [0.25, 0.3) is 0 Å². The number of nitrogens with two attached hydrogens (primary N) is 1. The van der Waals surface area contributed by atoms with E-state index < -0.39 is 20.6 Å². The fourth-order valence-electron chi connectivity index (χ4n) is 2.85. The van der Waals surface area contributed by atoms with Crippen LogP contribution in [0.5, 0.6) is 0 Å². The highest BCUT2D eigenvalue weighted by molar-refractivity contribution is 7.92. The van der Waals surface area contributed by atoms with Gasteiger partial charge in [-0.2, -0.15) is 0 Å². The Bertz CT molecular complexity index is 567. The summed E-state index contributed by atoms with van der Waals surface area (Å²) in [5.41, 5.74) is 7.69. The van der Waals surface area contributed by atoms with E-state index >= 15 is 0 Å². The average molecular weight is 297 g/mol. The van der Waals surface area contributed by atoms with E-state index in [0.717, 1.165) is 11.1 Å². The first-order chi connectivity index (χ1) is 9.36. The molecule has 4 nitrogen and oxygen atoms in total. The van der Waals surface area contributed by atoms with Crippen molar-refractivity contribution in [3.63, 3.8) is 0 Å². The third kappa shape index (κ3) is 2.62. The van der Waals surface area contributed by atoms with Crippen molar-refractivity contribution in [1.29, 1.82) is 0 Å². The van der Waals surface area contributed by atoms with Crippen LogP contribution >= 0.6 is 0 Å². The van der Waals surface area contributed by atoms with Gasteiger partial charge in [-0.25, -0.2) is 8.42 Å². The second-order valence-corrected chi connectivity index (χ2v) is 7.92. The molecule has 2 rings (SSSR count). The van der Waals surface area contributed by atoms with Crippen molar-refractivity contribution < 1.29 is 13.2 Å². The molecule has 112 valence electrons. The maximum atomic E-state index is 12.3. The minimum absolute atomic E-state index is 0.116. The third-order valence-corrected chi connectivity index (χ3v) is 6.37. The molecule has 3 atom stereocenters. The second-order valence-electron chi connectivity index (χ2n) is 5.51. The summed E-state index contributed by atoms with van der Waals surface area (Å²) in [5.74, 6) is -0.0509. The maximum Gasteiger partial charge on any atom is 0.155 e. The summed E-state index contributed by atoms with van der Waals surface area (Å²) in [6.45, 7) is 6.38. The van der Waals surface area contributed by atoms with E-state index in [0.29, 0.717) is 6.61 Å². The van der Waals surface area contributed by atoms with E-state index in [1.165, 1.54) is 0 Å². The van der Waals surface area contributed by atoms with Crippen LogP contribution in [0.3, 0.4) is 0 Å². The van der Waals surface area contributed by atoms with Crippen LogP contribution in [0, 0.1) is 6.92 Å². The number of sulfone groups is 1. The largest absolute Gasteiger partial charge is 0.380 e. The van der Waals surface area contributed by atoms with E-state index in [1.807, 2.05) is 38.1 Å². The van der Waals surface area contributed by atoms with Gasteiger partial charge in [0.25, 0.3) is 0 Å². The monoisotopic (exact) mass is 297 g/mol. The lowest BCUT2D eigenvalue weighted by molar-refractivity contribution is 0.125. The second kappa shape index (κ2) is 5.47. The van der Waals surface area contributed by atoms with Crippen LogP contribution in [0.15, 0.2) is 24.3 Å². The molecule has 0 bridgehead atoms. The molecule has 1 aromatic rings. The summed E-state index contributed by atoms with van der Waals surface area (Å²) in [6, 6.07) is 7.92. The Morgan fingerprint density at radius 2 is 1.85 bits per heavy atom. The van der Waals surface area contributed by atoms with Crippen LogP contribution in [0.2, 0.25) is 0 Å². The van der Waals surface area contributed by atoms with Gasteiger partial charge in [0.1, 0.15) is 0 Å². The lowest BCUT2D eigenvalue weighted by Crippen LogP contribution is -2.36. The summed E-state index contributed by atoms with van der Waals surface area (Å²) in [7, 11) is -3.18. The van der Waals surface area contributed by atoms with E-state index in [2.05, 4.69) is 0 Å².